The van der Waals surface area contributed by atoms with Crippen LogP contribution in [0.5, 0.6) is 0 Å². The lowest BCUT2D eigenvalue weighted by atomic mass is 10.2. The predicted molar refractivity (Wildman–Crippen MR) is 87.1 cm³/mol. The summed E-state index contributed by atoms with van der Waals surface area (Å²) in [7, 11) is 0. The Kier molecular flexibility index (Phi) is 4.54. The van der Waals surface area contributed by atoms with E-state index in [1.165, 1.54) is 0 Å². The number of imidazole rings is 1. The van der Waals surface area contributed by atoms with Gasteiger partial charge in [-0.1, -0.05) is 23.6 Å². The van der Waals surface area contributed by atoms with Gasteiger partial charge < -0.3 is 14.2 Å². The smallest absolute Gasteiger partial charge is 0.410 e. The van der Waals surface area contributed by atoms with Crippen LogP contribution in [0.4, 0.5) is 4.79 Å². The first kappa shape index (κ1) is 15.4. The van der Waals surface area contributed by atoms with Gasteiger partial charge in [0.2, 0.25) is 0 Å². The minimum Gasteiger partial charge on any atom is -0.450 e. The first-order valence-corrected chi connectivity index (χ1v) is 7.79. The molecular formula is C17H16ClN3O2. The highest BCUT2D eigenvalue weighted by Crippen LogP contribution is 2.15. The number of ether oxygens (including phenoxy) is 1. The van der Waals surface area contributed by atoms with E-state index in [-0.39, 0.29) is 6.09 Å². The van der Waals surface area contributed by atoms with Gasteiger partial charge in [-0.05, 0) is 31.0 Å². The molecule has 1 aliphatic heterocycles. The fraction of sp³-hybridized carbons (Fsp3) is 0.294. The van der Waals surface area contributed by atoms with E-state index in [2.05, 4.69) is 16.8 Å². The standard InChI is InChI=1S/C17H16ClN3O2/c1-2-23-17(22)20-8-9-21-15(12-20)11-19-16(21)7-6-13-4-3-5-14(18)10-13/h3-5,10-11H,2,8-9,12H2,1H3. The average Bonchev–Trinajstić information content (AvgIpc) is 2.95. The zero-order valence-electron chi connectivity index (χ0n) is 12.8. The second-order valence-electron chi connectivity index (χ2n) is 5.11. The Labute approximate surface area is 139 Å². The number of carbonyl (C=O) groups is 1. The number of nitrogens with zero attached hydrogens (tertiary/aromatic N) is 3. The predicted octanol–water partition coefficient (Wildman–Crippen LogP) is 2.91. The van der Waals surface area contributed by atoms with Crippen molar-refractivity contribution in [2.24, 2.45) is 0 Å². The third-order valence-corrected chi connectivity index (χ3v) is 3.79. The lowest BCUT2D eigenvalue weighted by Gasteiger charge is -2.27. The molecule has 0 radical (unpaired) electrons. The third kappa shape index (κ3) is 3.49. The van der Waals surface area contributed by atoms with Crippen LogP contribution in [-0.4, -0.2) is 33.7 Å². The van der Waals surface area contributed by atoms with Crippen molar-refractivity contribution < 1.29 is 9.53 Å². The number of carbonyl (C=O) groups excluding carboxylic acids is 1. The molecule has 1 amide bonds. The number of rotatable bonds is 1. The average molecular weight is 330 g/mol. The summed E-state index contributed by atoms with van der Waals surface area (Å²) in [5.74, 6) is 6.84. The molecular weight excluding hydrogens is 314 g/mol. The quantitative estimate of drug-likeness (QED) is 0.756. The molecule has 2 aromatic rings. The molecule has 6 heteroatoms. The number of fused-ring (bicyclic) bond motifs is 1. The van der Waals surface area contributed by atoms with E-state index >= 15 is 0 Å². The van der Waals surface area contributed by atoms with E-state index in [9.17, 15) is 4.79 Å². The molecule has 1 aliphatic rings. The van der Waals surface area contributed by atoms with Gasteiger partial charge in [-0.3, -0.25) is 0 Å². The van der Waals surface area contributed by atoms with E-state index in [4.69, 9.17) is 16.3 Å². The second-order valence-corrected chi connectivity index (χ2v) is 5.54. The number of halogens is 1. The highest BCUT2D eigenvalue weighted by atomic mass is 35.5. The van der Waals surface area contributed by atoms with Gasteiger partial charge in [0.05, 0.1) is 25.0 Å². The first-order chi connectivity index (χ1) is 11.2. The van der Waals surface area contributed by atoms with Crippen LogP contribution in [0, 0.1) is 11.8 Å². The maximum Gasteiger partial charge on any atom is 0.410 e. The number of hydrogen-bond donors (Lipinski definition) is 0. The van der Waals surface area contributed by atoms with E-state index in [1.54, 1.807) is 18.0 Å². The van der Waals surface area contributed by atoms with Gasteiger partial charge in [-0.2, -0.15) is 0 Å². The van der Waals surface area contributed by atoms with Crippen molar-refractivity contribution >= 4 is 17.7 Å². The van der Waals surface area contributed by atoms with Crippen LogP contribution in [0.1, 0.15) is 24.0 Å². The SMILES string of the molecule is CCOC(=O)N1CCn2c(cnc2C#Cc2cccc(Cl)c2)C1. The highest BCUT2D eigenvalue weighted by Gasteiger charge is 2.23. The van der Waals surface area contributed by atoms with Gasteiger partial charge >= 0.3 is 6.09 Å². The summed E-state index contributed by atoms with van der Waals surface area (Å²) in [6.07, 6.45) is 1.47. The Morgan fingerprint density at radius 1 is 1.39 bits per heavy atom. The van der Waals surface area contributed by atoms with Crippen LogP contribution in [-0.2, 0) is 17.8 Å². The molecule has 1 aromatic heterocycles. The monoisotopic (exact) mass is 329 g/mol. The van der Waals surface area contributed by atoms with Crippen molar-refractivity contribution in [3.05, 3.63) is 52.6 Å². The fourth-order valence-electron chi connectivity index (χ4n) is 2.45. The van der Waals surface area contributed by atoms with E-state index in [0.29, 0.717) is 37.1 Å². The van der Waals surface area contributed by atoms with Crippen LogP contribution in [0.25, 0.3) is 0 Å². The molecule has 1 aromatic carbocycles. The van der Waals surface area contributed by atoms with Crippen LogP contribution in [0.15, 0.2) is 30.5 Å². The lowest BCUT2D eigenvalue weighted by molar-refractivity contribution is 0.0970. The molecule has 23 heavy (non-hydrogen) atoms. The molecule has 0 fully saturated rings. The van der Waals surface area contributed by atoms with Crippen molar-refractivity contribution in [3.63, 3.8) is 0 Å². The molecule has 0 saturated heterocycles. The molecule has 0 unspecified atom stereocenters. The molecule has 0 bridgehead atoms. The largest absolute Gasteiger partial charge is 0.450 e. The molecule has 3 rings (SSSR count). The molecule has 0 spiro atoms. The summed E-state index contributed by atoms with van der Waals surface area (Å²) in [5.41, 5.74) is 1.80. The van der Waals surface area contributed by atoms with Crippen LogP contribution in [0.3, 0.4) is 0 Å². The highest BCUT2D eigenvalue weighted by molar-refractivity contribution is 6.30. The zero-order chi connectivity index (χ0) is 16.2. The minimum atomic E-state index is -0.286. The normalized spacial score (nSPS) is 13.0. The molecule has 5 nitrogen and oxygen atoms in total. The third-order valence-electron chi connectivity index (χ3n) is 3.55. The Bertz CT molecular complexity index is 789. The van der Waals surface area contributed by atoms with Gasteiger partial charge in [0.25, 0.3) is 0 Å². The summed E-state index contributed by atoms with van der Waals surface area (Å²) in [6.45, 7) is 3.92. The van der Waals surface area contributed by atoms with Crippen molar-refractivity contribution in [1.82, 2.24) is 14.5 Å². The summed E-state index contributed by atoms with van der Waals surface area (Å²) in [6, 6.07) is 7.40. The van der Waals surface area contributed by atoms with Gasteiger partial charge in [-0.25, -0.2) is 9.78 Å². The summed E-state index contributed by atoms with van der Waals surface area (Å²) >= 11 is 5.95. The molecule has 0 atom stereocenters. The molecule has 2 heterocycles. The van der Waals surface area contributed by atoms with Crippen molar-refractivity contribution in [3.8, 4) is 11.8 Å². The number of hydrogen-bond acceptors (Lipinski definition) is 3. The number of benzene rings is 1. The Morgan fingerprint density at radius 3 is 3.04 bits per heavy atom. The van der Waals surface area contributed by atoms with E-state index in [1.807, 2.05) is 28.8 Å². The molecule has 0 aliphatic carbocycles. The fourth-order valence-corrected chi connectivity index (χ4v) is 2.64. The Morgan fingerprint density at radius 2 is 2.26 bits per heavy atom. The second kappa shape index (κ2) is 6.76. The van der Waals surface area contributed by atoms with Gasteiger partial charge in [0, 0.05) is 23.7 Å². The van der Waals surface area contributed by atoms with E-state index in [0.717, 1.165) is 11.3 Å². The topological polar surface area (TPSA) is 47.4 Å². The number of aromatic nitrogens is 2. The summed E-state index contributed by atoms with van der Waals surface area (Å²) < 4.78 is 7.07. The molecule has 0 saturated carbocycles. The maximum atomic E-state index is 11.8. The lowest BCUT2D eigenvalue weighted by Crippen LogP contribution is -2.38. The maximum absolute atomic E-state index is 11.8. The first-order valence-electron chi connectivity index (χ1n) is 7.41. The van der Waals surface area contributed by atoms with Gasteiger partial charge in [-0.15, -0.1) is 0 Å². The summed E-state index contributed by atoms with van der Waals surface area (Å²) in [4.78, 5) is 17.8. The van der Waals surface area contributed by atoms with Gasteiger partial charge in [0.1, 0.15) is 0 Å². The number of amides is 1. The zero-order valence-corrected chi connectivity index (χ0v) is 13.5. The van der Waals surface area contributed by atoms with Gasteiger partial charge in [0.15, 0.2) is 5.82 Å². The van der Waals surface area contributed by atoms with E-state index < -0.39 is 0 Å². The molecule has 0 N–H and O–H groups in total. The Balaban J connectivity index is 1.78. The van der Waals surface area contributed by atoms with Crippen LogP contribution >= 0.6 is 11.6 Å². The van der Waals surface area contributed by atoms with Crippen LogP contribution in [0.2, 0.25) is 5.02 Å². The van der Waals surface area contributed by atoms with Crippen molar-refractivity contribution in [2.45, 2.75) is 20.0 Å². The minimum absolute atomic E-state index is 0.286. The Hall–Kier alpha value is -2.45. The van der Waals surface area contributed by atoms with Crippen molar-refractivity contribution in [2.75, 3.05) is 13.2 Å². The molecule has 118 valence electrons. The summed E-state index contributed by atoms with van der Waals surface area (Å²) in [5, 5.41) is 0.659. The van der Waals surface area contributed by atoms with Crippen LogP contribution < -0.4 is 0 Å². The van der Waals surface area contributed by atoms with Crippen molar-refractivity contribution in [1.29, 1.82) is 0 Å².